The lowest BCUT2D eigenvalue weighted by Crippen LogP contribution is -2.04. The first kappa shape index (κ1) is 30.1. The number of thiophene rings is 1. The Morgan fingerprint density at radius 3 is 2.56 bits per heavy atom. The van der Waals surface area contributed by atoms with Crippen LogP contribution >= 0.6 is 22.9 Å². The molecule has 2 atom stereocenters. The first-order chi connectivity index (χ1) is 16.4. The number of carbonyl (C=O) groups is 2. The van der Waals surface area contributed by atoms with E-state index in [1.54, 1.807) is 11.3 Å². The fraction of sp³-hybridized carbons (Fsp3) is 0.500. The molecule has 1 fully saturated rings. The van der Waals surface area contributed by atoms with Crippen molar-refractivity contribution in [1.29, 1.82) is 0 Å². The summed E-state index contributed by atoms with van der Waals surface area (Å²) in [6, 6.07) is 8.11. The highest BCUT2D eigenvalue weighted by molar-refractivity contribution is 7.19. The van der Waals surface area contributed by atoms with Gasteiger partial charge in [-0.3, -0.25) is 9.59 Å². The Bertz CT molecular complexity index is 932. The van der Waals surface area contributed by atoms with Crippen LogP contribution in [0.5, 0.6) is 0 Å². The summed E-state index contributed by atoms with van der Waals surface area (Å²) in [6.45, 7) is 6.10. The number of rotatable bonds is 8. The summed E-state index contributed by atoms with van der Waals surface area (Å²) < 4.78 is 5.54. The van der Waals surface area contributed by atoms with Crippen molar-refractivity contribution in [1.82, 2.24) is 0 Å². The quantitative estimate of drug-likeness (QED) is 0.294. The van der Waals surface area contributed by atoms with Crippen molar-refractivity contribution in [2.45, 2.75) is 78.2 Å². The monoisotopic (exact) mass is 506 g/mol. The predicted molar refractivity (Wildman–Crippen MR) is 145 cm³/mol. The number of ether oxygens (including phenoxy) is 1. The van der Waals surface area contributed by atoms with Crippen LogP contribution in [-0.4, -0.2) is 30.1 Å². The van der Waals surface area contributed by atoms with Crippen LogP contribution in [0.25, 0.3) is 10.1 Å². The number of aliphatic hydroxyl groups is 1. The van der Waals surface area contributed by atoms with Crippen molar-refractivity contribution in [3.63, 3.8) is 0 Å². The van der Waals surface area contributed by atoms with Crippen molar-refractivity contribution in [2.24, 2.45) is 5.92 Å². The number of esters is 1. The van der Waals surface area contributed by atoms with E-state index in [2.05, 4.69) is 29.9 Å². The molecular formula is C28H39ClO4S. The van der Waals surface area contributed by atoms with Crippen LogP contribution in [-0.2, 0) is 20.7 Å². The van der Waals surface area contributed by atoms with Crippen LogP contribution in [0.4, 0.5) is 0 Å². The first-order valence-corrected chi connectivity index (χ1v) is 13.3. The second kappa shape index (κ2) is 17.5. The molecule has 1 aliphatic carbocycles. The van der Waals surface area contributed by atoms with Crippen molar-refractivity contribution in [3.05, 3.63) is 58.5 Å². The second-order valence-corrected chi connectivity index (χ2v) is 9.69. The van der Waals surface area contributed by atoms with Crippen LogP contribution in [0.1, 0.15) is 70.6 Å². The summed E-state index contributed by atoms with van der Waals surface area (Å²) >= 11 is 8.11. The van der Waals surface area contributed by atoms with Gasteiger partial charge in [-0.25, -0.2) is 0 Å². The molecule has 1 saturated carbocycles. The van der Waals surface area contributed by atoms with E-state index in [9.17, 15) is 14.7 Å². The zero-order valence-electron chi connectivity index (χ0n) is 20.9. The Morgan fingerprint density at radius 2 is 2.06 bits per heavy atom. The summed E-state index contributed by atoms with van der Waals surface area (Å²) in [5.41, 5.74) is 0. The maximum atomic E-state index is 11.2. The number of aryl methyl sites for hydroxylation is 1. The number of carbonyl (C=O) groups excluding carboxylic acids is 2. The van der Waals surface area contributed by atoms with Gasteiger partial charge < -0.3 is 9.84 Å². The minimum absolute atomic E-state index is 0.123. The van der Waals surface area contributed by atoms with E-state index in [0.29, 0.717) is 37.4 Å². The van der Waals surface area contributed by atoms with Crippen LogP contribution < -0.4 is 0 Å². The lowest BCUT2D eigenvalue weighted by atomic mass is 10.1. The van der Waals surface area contributed by atoms with Gasteiger partial charge in [0, 0.05) is 34.2 Å². The van der Waals surface area contributed by atoms with Gasteiger partial charge in [0.1, 0.15) is 5.78 Å². The highest BCUT2D eigenvalue weighted by atomic mass is 35.5. The van der Waals surface area contributed by atoms with E-state index in [1.165, 1.54) is 11.8 Å². The number of methoxy groups -OCH3 is 1. The topological polar surface area (TPSA) is 63.6 Å². The van der Waals surface area contributed by atoms with Gasteiger partial charge in [-0.1, -0.05) is 68.0 Å². The van der Waals surface area contributed by atoms with Gasteiger partial charge in [0.25, 0.3) is 0 Å². The SMILES string of the molecule is C/C=C\CC.CCCC(=O)OC.O=C1CCC(/C=C/C(O)CCc2sc3ccccc3c2Cl)C1. The van der Waals surface area contributed by atoms with E-state index < -0.39 is 6.10 Å². The number of fused-ring (bicyclic) bond motifs is 1. The highest BCUT2D eigenvalue weighted by Gasteiger charge is 2.19. The predicted octanol–water partition coefficient (Wildman–Crippen LogP) is 7.71. The summed E-state index contributed by atoms with van der Waals surface area (Å²) in [4.78, 5) is 22.5. The fourth-order valence-electron chi connectivity index (χ4n) is 3.44. The van der Waals surface area contributed by atoms with Gasteiger partial charge >= 0.3 is 5.97 Å². The van der Waals surface area contributed by atoms with E-state index in [-0.39, 0.29) is 5.97 Å². The molecule has 0 aliphatic heterocycles. The molecule has 1 heterocycles. The average molecular weight is 507 g/mol. The number of halogens is 1. The minimum atomic E-state index is -0.475. The minimum Gasteiger partial charge on any atom is -0.469 e. The molecule has 4 nitrogen and oxygen atoms in total. The number of hydrogen-bond acceptors (Lipinski definition) is 5. The van der Waals surface area contributed by atoms with Crippen molar-refractivity contribution >= 4 is 44.8 Å². The number of allylic oxidation sites excluding steroid dienone is 3. The smallest absolute Gasteiger partial charge is 0.305 e. The standard InChI is InChI=1S/C18H19ClO2S.C5H10O2.C5H10/c19-18-15-3-1-2-4-16(15)22-17(18)10-9-13(20)7-5-12-6-8-14(21)11-12;1-3-4-5(6)7-2;1-3-5-4-2/h1-5,7,12-13,20H,6,8-11H2;3-4H2,1-2H3;3,5H,4H2,1-2H3/b7-5+;;5-3-. The van der Waals surface area contributed by atoms with Gasteiger partial charge in [0.15, 0.2) is 0 Å². The van der Waals surface area contributed by atoms with Crippen molar-refractivity contribution in [2.75, 3.05) is 7.11 Å². The zero-order chi connectivity index (χ0) is 25.3. The normalized spacial score (nSPS) is 16.3. The molecule has 2 aromatic rings. The summed E-state index contributed by atoms with van der Waals surface area (Å²) in [5.74, 6) is 0.527. The third-order valence-corrected chi connectivity index (χ3v) is 7.09. The highest BCUT2D eigenvalue weighted by Crippen LogP contribution is 2.36. The third-order valence-electron chi connectivity index (χ3n) is 5.31. The van der Waals surface area contributed by atoms with E-state index in [0.717, 1.165) is 41.0 Å². The second-order valence-electron chi connectivity index (χ2n) is 8.17. The summed E-state index contributed by atoms with van der Waals surface area (Å²) in [7, 11) is 1.40. The lowest BCUT2D eigenvalue weighted by molar-refractivity contribution is -0.140. The molecule has 0 amide bonds. The molecule has 0 radical (unpaired) electrons. The van der Waals surface area contributed by atoms with E-state index >= 15 is 0 Å². The number of ketones is 1. The molecule has 1 N–H and O–H groups in total. The number of Topliss-reactive ketones (excluding diaryl/α,β-unsaturated/α-hetero) is 1. The molecule has 1 aliphatic rings. The molecule has 0 spiro atoms. The fourth-order valence-corrected chi connectivity index (χ4v) is 4.98. The van der Waals surface area contributed by atoms with Crippen molar-refractivity contribution in [3.8, 4) is 0 Å². The Kier molecular flexibility index (Phi) is 15.5. The van der Waals surface area contributed by atoms with Crippen LogP contribution in [0.2, 0.25) is 5.02 Å². The molecule has 1 aromatic heterocycles. The molecule has 0 saturated heterocycles. The maximum absolute atomic E-state index is 11.2. The first-order valence-electron chi connectivity index (χ1n) is 12.1. The van der Waals surface area contributed by atoms with Crippen LogP contribution in [0, 0.1) is 5.92 Å². The average Bonchev–Trinajstić information content (AvgIpc) is 3.40. The van der Waals surface area contributed by atoms with Crippen LogP contribution in [0.3, 0.4) is 0 Å². The van der Waals surface area contributed by atoms with Gasteiger partial charge in [0.2, 0.25) is 0 Å². The Balaban J connectivity index is 0.000000401. The van der Waals surface area contributed by atoms with Crippen molar-refractivity contribution < 1.29 is 19.4 Å². The van der Waals surface area contributed by atoms with E-state index in [1.807, 2.05) is 44.2 Å². The molecule has 6 heteroatoms. The molecule has 0 bridgehead atoms. The molecule has 3 rings (SSSR count). The van der Waals surface area contributed by atoms with Gasteiger partial charge in [0.05, 0.1) is 18.2 Å². The molecule has 34 heavy (non-hydrogen) atoms. The number of hydrogen-bond donors (Lipinski definition) is 1. The van der Waals surface area contributed by atoms with Gasteiger partial charge in [-0.2, -0.15) is 0 Å². The third kappa shape index (κ3) is 11.5. The summed E-state index contributed by atoms with van der Waals surface area (Å²) in [5, 5.41) is 12.0. The largest absolute Gasteiger partial charge is 0.469 e. The van der Waals surface area contributed by atoms with Gasteiger partial charge in [-0.15, -0.1) is 11.3 Å². The van der Waals surface area contributed by atoms with Gasteiger partial charge in [-0.05, 0) is 51.0 Å². The summed E-state index contributed by atoms with van der Waals surface area (Å²) in [6.07, 6.45) is 13.8. The maximum Gasteiger partial charge on any atom is 0.305 e. The zero-order valence-corrected chi connectivity index (χ0v) is 22.5. The lowest BCUT2D eigenvalue weighted by Gasteiger charge is -2.06. The van der Waals surface area contributed by atoms with Crippen LogP contribution in [0.15, 0.2) is 48.6 Å². The Morgan fingerprint density at radius 1 is 1.32 bits per heavy atom. The molecule has 188 valence electrons. The molecule has 1 aromatic carbocycles. The van der Waals surface area contributed by atoms with E-state index in [4.69, 9.17) is 11.6 Å². The molecule has 2 unspecified atom stereocenters. The Hall–Kier alpha value is -1.95. The molecular weight excluding hydrogens is 468 g/mol. The number of aliphatic hydroxyl groups excluding tert-OH is 1. The Labute approximate surface area is 213 Å². The number of benzene rings is 1.